The van der Waals surface area contributed by atoms with E-state index < -0.39 is 5.97 Å². The first-order valence-electron chi connectivity index (χ1n) is 6.26. The lowest BCUT2D eigenvalue weighted by Crippen LogP contribution is -2.17. The third-order valence-electron chi connectivity index (χ3n) is 3.52. The van der Waals surface area contributed by atoms with E-state index in [4.69, 9.17) is 16.7 Å². The van der Waals surface area contributed by atoms with Gasteiger partial charge in [-0.3, -0.25) is 4.79 Å². The molecule has 1 aromatic heterocycles. The molecule has 2 unspecified atom stereocenters. The van der Waals surface area contributed by atoms with Crippen LogP contribution in [0.5, 0.6) is 0 Å². The number of halogens is 1. The Labute approximate surface area is 120 Å². The van der Waals surface area contributed by atoms with Gasteiger partial charge in [0, 0.05) is 12.6 Å². The molecule has 1 aliphatic rings. The molecule has 2 heterocycles. The predicted molar refractivity (Wildman–Crippen MR) is 72.9 cm³/mol. The molecule has 1 aliphatic heterocycles. The van der Waals surface area contributed by atoms with Gasteiger partial charge in [-0.15, -0.1) is 0 Å². The SMILES string of the molecule is O=C(O)C1CNC(c2ccc(-n3cncn3)c(Cl)c2)C1. The molecule has 104 valence electrons. The summed E-state index contributed by atoms with van der Waals surface area (Å²) in [6.45, 7) is 0.489. The third-order valence-corrected chi connectivity index (χ3v) is 3.82. The van der Waals surface area contributed by atoms with Crippen molar-refractivity contribution in [3.05, 3.63) is 41.4 Å². The van der Waals surface area contributed by atoms with E-state index in [1.165, 1.54) is 6.33 Å². The van der Waals surface area contributed by atoms with E-state index in [0.717, 1.165) is 11.3 Å². The summed E-state index contributed by atoms with van der Waals surface area (Å²) in [6, 6.07) is 5.67. The summed E-state index contributed by atoms with van der Waals surface area (Å²) >= 11 is 6.27. The van der Waals surface area contributed by atoms with E-state index >= 15 is 0 Å². The number of carboxylic acids is 1. The van der Waals surface area contributed by atoms with Crippen LogP contribution in [0.2, 0.25) is 5.02 Å². The standard InChI is InChI=1S/C13H13ClN4O2/c14-10-3-8(11-4-9(5-16-11)13(19)20)1-2-12(10)18-7-15-6-17-18/h1-3,6-7,9,11,16H,4-5H2,(H,19,20). The molecule has 0 spiro atoms. The molecule has 2 aromatic rings. The van der Waals surface area contributed by atoms with Gasteiger partial charge in [0.05, 0.1) is 16.6 Å². The van der Waals surface area contributed by atoms with Gasteiger partial charge in [-0.1, -0.05) is 17.7 Å². The molecular weight excluding hydrogens is 280 g/mol. The quantitative estimate of drug-likeness (QED) is 0.899. The summed E-state index contributed by atoms with van der Waals surface area (Å²) in [5.74, 6) is -1.10. The highest BCUT2D eigenvalue weighted by Gasteiger charge is 2.30. The summed E-state index contributed by atoms with van der Waals surface area (Å²) < 4.78 is 1.59. The Balaban J connectivity index is 1.83. The maximum Gasteiger partial charge on any atom is 0.307 e. The number of hydrogen-bond donors (Lipinski definition) is 2. The highest BCUT2D eigenvalue weighted by molar-refractivity contribution is 6.32. The Hall–Kier alpha value is -1.92. The highest BCUT2D eigenvalue weighted by Crippen LogP contribution is 2.30. The van der Waals surface area contributed by atoms with Crippen molar-refractivity contribution in [2.45, 2.75) is 12.5 Å². The van der Waals surface area contributed by atoms with Gasteiger partial charge in [-0.05, 0) is 24.1 Å². The molecule has 0 saturated carbocycles. The molecule has 1 saturated heterocycles. The van der Waals surface area contributed by atoms with Crippen LogP contribution >= 0.6 is 11.6 Å². The molecule has 1 fully saturated rings. The van der Waals surface area contributed by atoms with Gasteiger partial charge in [0.25, 0.3) is 0 Å². The van der Waals surface area contributed by atoms with Crippen LogP contribution in [0.15, 0.2) is 30.9 Å². The van der Waals surface area contributed by atoms with Crippen molar-refractivity contribution in [1.29, 1.82) is 0 Å². The van der Waals surface area contributed by atoms with Gasteiger partial charge in [0.2, 0.25) is 0 Å². The van der Waals surface area contributed by atoms with Crippen LogP contribution in [-0.4, -0.2) is 32.4 Å². The fourth-order valence-corrected chi connectivity index (χ4v) is 2.71. The van der Waals surface area contributed by atoms with Crippen molar-refractivity contribution in [1.82, 2.24) is 20.1 Å². The molecule has 1 aromatic carbocycles. The minimum Gasteiger partial charge on any atom is -0.481 e. The number of carbonyl (C=O) groups is 1. The van der Waals surface area contributed by atoms with Crippen LogP contribution in [0.4, 0.5) is 0 Å². The zero-order valence-corrected chi connectivity index (χ0v) is 11.3. The number of nitrogens with zero attached hydrogens (tertiary/aromatic N) is 3. The molecule has 3 rings (SSSR count). The van der Waals surface area contributed by atoms with E-state index in [9.17, 15) is 4.79 Å². The largest absolute Gasteiger partial charge is 0.481 e. The van der Waals surface area contributed by atoms with Gasteiger partial charge < -0.3 is 10.4 Å². The minimum atomic E-state index is -0.759. The molecule has 20 heavy (non-hydrogen) atoms. The maximum atomic E-state index is 11.0. The molecule has 2 N–H and O–H groups in total. The third kappa shape index (κ3) is 2.39. The zero-order valence-electron chi connectivity index (χ0n) is 10.5. The fraction of sp³-hybridized carbons (Fsp3) is 0.308. The second kappa shape index (κ2) is 5.22. The van der Waals surface area contributed by atoms with Crippen LogP contribution in [0.1, 0.15) is 18.0 Å². The van der Waals surface area contributed by atoms with Crippen molar-refractivity contribution in [2.24, 2.45) is 5.92 Å². The van der Waals surface area contributed by atoms with Crippen LogP contribution in [0.25, 0.3) is 5.69 Å². The number of aromatic nitrogens is 3. The van der Waals surface area contributed by atoms with E-state index in [1.807, 2.05) is 18.2 Å². The number of nitrogens with one attached hydrogen (secondary N) is 1. The van der Waals surface area contributed by atoms with Crippen molar-refractivity contribution in [3.8, 4) is 5.69 Å². The summed E-state index contributed by atoms with van der Waals surface area (Å²) in [4.78, 5) is 14.9. The maximum absolute atomic E-state index is 11.0. The second-order valence-electron chi connectivity index (χ2n) is 4.78. The monoisotopic (exact) mass is 292 g/mol. The molecular formula is C13H13ClN4O2. The van der Waals surface area contributed by atoms with Gasteiger partial charge in [-0.2, -0.15) is 5.10 Å². The zero-order chi connectivity index (χ0) is 14.1. The number of benzene rings is 1. The average molecular weight is 293 g/mol. The molecule has 0 amide bonds. The minimum absolute atomic E-state index is 0.0263. The first-order valence-corrected chi connectivity index (χ1v) is 6.63. The molecule has 7 heteroatoms. The van der Waals surface area contributed by atoms with Crippen LogP contribution in [0, 0.1) is 5.92 Å². The molecule has 0 radical (unpaired) electrons. The summed E-state index contributed by atoms with van der Waals surface area (Å²) in [5, 5.41) is 16.8. The number of rotatable bonds is 3. The summed E-state index contributed by atoms with van der Waals surface area (Å²) in [5.41, 5.74) is 1.74. The van der Waals surface area contributed by atoms with E-state index in [0.29, 0.717) is 18.0 Å². The Bertz CT molecular complexity index is 629. The lowest BCUT2D eigenvalue weighted by molar-refractivity contribution is -0.141. The van der Waals surface area contributed by atoms with Gasteiger partial charge in [-0.25, -0.2) is 9.67 Å². The van der Waals surface area contributed by atoms with Gasteiger partial charge in [0.15, 0.2) is 0 Å². The van der Waals surface area contributed by atoms with Gasteiger partial charge in [0.1, 0.15) is 12.7 Å². The first-order chi connectivity index (χ1) is 9.65. The van der Waals surface area contributed by atoms with E-state index in [2.05, 4.69) is 15.4 Å². The lowest BCUT2D eigenvalue weighted by Gasteiger charge is -2.12. The smallest absolute Gasteiger partial charge is 0.307 e. The number of hydrogen-bond acceptors (Lipinski definition) is 4. The van der Waals surface area contributed by atoms with E-state index in [-0.39, 0.29) is 12.0 Å². The fourth-order valence-electron chi connectivity index (χ4n) is 2.44. The Morgan fingerprint density at radius 3 is 2.95 bits per heavy atom. The molecule has 6 nitrogen and oxygen atoms in total. The molecule has 2 atom stereocenters. The summed E-state index contributed by atoms with van der Waals surface area (Å²) in [7, 11) is 0. The van der Waals surface area contributed by atoms with Crippen molar-refractivity contribution in [3.63, 3.8) is 0 Å². The van der Waals surface area contributed by atoms with Gasteiger partial charge >= 0.3 is 5.97 Å². The normalized spacial score (nSPS) is 22.1. The van der Waals surface area contributed by atoms with E-state index in [1.54, 1.807) is 11.0 Å². The summed E-state index contributed by atoms with van der Waals surface area (Å²) in [6.07, 6.45) is 3.60. The Morgan fingerprint density at radius 2 is 2.35 bits per heavy atom. The van der Waals surface area contributed by atoms with Crippen LogP contribution in [0.3, 0.4) is 0 Å². The lowest BCUT2D eigenvalue weighted by atomic mass is 10.00. The number of aliphatic carboxylic acids is 1. The Kier molecular flexibility index (Phi) is 3.42. The average Bonchev–Trinajstić information content (AvgIpc) is 3.10. The second-order valence-corrected chi connectivity index (χ2v) is 5.19. The van der Waals surface area contributed by atoms with Crippen molar-refractivity contribution < 1.29 is 9.90 Å². The molecule has 0 bridgehead atoms. The predicted octanol–water partition coefficient (Wildman–Crippen LogP) is 1.66. The highest BCUT2D eigenvalue weighted by atomic mass is 35.5. The topological polar surface area (TPSA) is 80.0 Å². The van der Waals surface area contributed by atoms with Crippen LogP contribution in [-0.2, 0) is 4.79 Å². The molecule has 0 aliphatic carbocycles. The van der Waals surface area contributed by atoms with Crippen molar-refractivity contribution >= 4 is 17.6 Å². The Morgan fingerprint density at radius 1 is 1.50 bits per heavy atom. The van der Waals surface area contributed by atoms with Crippen molar-refractivity contribution in [2.75, 3.05) is 6.54 Å². The number of carboxylic acid groups (broad SMARTS) is 1. The first kappa shape index (κ1) is 13.1. The van der Waals surface area contributed by atoms with Crippen LogP contribution < -0.4 is 5.32 Å².